The van der Waals surface area contributed by atoms with Gasteiger partial charge in [0.2, 0.25) is 0 Å². The largest absolute Gasteiger partial charge is 0.493 e. The van der Waals surface area contributed by atoms with E-state index in [4.69, 9.17) is 9.47 Å². The van der Waals surface area contributed by atoms with Crippen molar-refractivity contribution in [3.8, 4) is 22.8 Å². The van der Waals surface area contributed by atoms with Crippen molar-refractivity contribution in [1.29, 1.82) is 0 Å². The zero-order valence-electron chi connectivity index (χ0n) is 15.6. The van der Waals surface area contributed by atoms with Crippen molar-refractivity contribution in [3.05, 3.63) is 66.6 Å². The number of para-hydroxylation sites is 1. The van der Waals surface area contributed by atoms with Crippen LogP contribution < -0.4 is 19.4 Å². The molecule has 3 rings (SSSR count). The summed E-state index contributed by atoms with van der Waals surface area (Å²) in [5.41, 5.74) is 3.53. The fourth-order valence-corrected chi connectivity index (χ4v) is 2.71. The SMILES string of the molecule is COc1ccc(-c2cc[n+](CC(=O)Nc3ccccc3C)cn2)cc1OC. The summed E-state index contributed by atoms with van der Waals surface area (Å²) < 4.78 is 12.3. The molecule has 0 aliphatic carbocycles. The molecule has 6 heteroatoms. The fourth-order valence-electron chi connectivity index (χ4n) is 2.71. The molecule has 138 valence electrons. The summed E-state index contributed by atoms with van der Waals surface area (Å²) in [5, 5.41) is 2.91. The number of aryl methyl sites for hydroxylation is 1. The Kier molecular flexibility index (Phi) is 5.66. The second-order valence-corrected chi connectivity index (χ2v) is 6.05. The molecule has 0 atom stereocenters. The molecule has 6 nitrogen and oxygen atoms in total. The van der Waals surface area contributed by atoms with Crippen LogP contribution in [0, 0.1) is 6.92 Å². The summed E-state index contributed by atoms with van der Waals surface area (Å²) in [6.45, 7) is 2.15. The molecule has 0 fully saturated rings. The Morgan fingerprint density at radius 1 is 1.07 bits per heavy atom. The summed E-state index contributed by atoms with van der Waals surface area (Å²) in [6, 6.07) is 15.2. The molecule has 2 aromatic carbocycles. The third-order valence-corrected chi connectivity index (χ3v) is 4.19. The van der Waals surface area contributed by atoms with Crippen LogP contribution in [0.2, 0.25) is 0 Å². The van der Waals surface area contributed by atoms with E-state index in [9.17, 15) is 4.79 Å². The Balaban J connectivity index is 1.70. The summed E-state index contributed by atoms with van der Waals surface area (Å²) in [7, 11) is 3.20. The van der Waals surface area contributed by atoms with Gasteiger partial charge in [-0.1, -0.05) is 18.2 Å². The Morgan fingerprint density at radius 3 is 2.52 bits per heavy atom. The summed E-state index contributed by atoms with van der Waals surface area (Å²) in [4.78, 5) is 16.7. The average Bonchev–Trinajstić information content (AvgIpc) is 2.69. The number of carbonyl (C=O) groups excluding carboxylic acids is 1. The van der Waals surface area contributed by atoms with Crippen molar-refractivity contribution < 1.29 is 18.8 Å². The van der Waals surface area contributed by atoms with Gasteiger partial charge >= 0.3 is 0 Å². The predicted molar refractivity (Wildman–Crippen MR) is 103 cm³/mol. The topological polar surface area (TPSA) is 64.3 Å². The predicted octanol–water partition coefficient (Wildman–Crippen LogP) is 3.00. The highest BCUT2D eigenvalue weighted by atomic mass is 16.5. The highest BCUT2D eigenvalue weighted by Gasteiger charge is 2.13. The number of nitrogens with one attached hydrogen (secondary N) is 1. The maximum atomic E-state index is 12.3. The van der Waals surface area contributed by atoms with Gasteiger partial charge in [0.15, 0.2) is 23.7 Å². The maximum Gasteiger partial charge on any atom is 0.287 e. The summed E-state index contributed by atoms with van der Waals surface area (Å²) in [5.74, 6) is 1.21. The van der Waals surface area contributed by atoms with Crippen LogP contribution in [0.4, 0.5) is 5.69 Å². The van der Waals surface area contributed by atoms with Crippen LogP contribution in [0.1, 0.15) is 5.56 Å². The molecule has 1 N–H and O–H groups in total. The third-order valence-electron chi connectivity index (χ3n) is 4.19. The van der Waals surface area contributed by atoms with Crippen LogP contribution in [0.25, 0.3) is 11.3 Å². The normalized spacial score (nSPS) is 10.3. The van der Waals surface area contributed by atoms with Crippen LogP contribution in [-0.2, 0) is 11.3 Å². The molecule has 0 saturated carbocycles. The second-order valence-electron chi connectivity index (χ2n) is 6.05. The van der Waals surface area contributed by atoms with Gasteiger partial charge in [-0.3, -0.25) is 4.79 Å². The number of rotatable bonds is 6. The average molecular weight is 364 g/mol. The Labute approximate surface area is 158 Å². The number of hydrogen-bond donors (Lipinski definition) is 1. The van der Waals surface area contributed by atoms with E-state index >= 15 is 0 Å². The molecule has 1 heterocycles. The third kappa shape index (κ3) is 4.41. The molecule has 0 unspecified atom stereocenters. The number of ether oxygens (including phenoxy) is 2. The number of hydrogen-bond acceptors (Lipinski definition) is 4. The molecule has 1 amide bonds. The lowest BCUT2D eigenvalue weighted by Crippen LogP contribution is -2.40. The lowest BCUT2D eigenvalue weighted by Gasteiger charge is -2.08. The maximum absolute atomic E-state index is 12.3. The van der Waals surface area contributed by atoms with Gasteiger partial charge < -0.3 is 14.8 Å². The molecule has 0 bridgehead atoms. The molecule has 0 aliphatic heterocycles. The first-order valence-corrected chi connectivity index (χ1v) is 8.53. The van der Waals surface area contributed by atoms with Gasteiger partial charge in [-0.2, -0.15) is 0 Å². The lowest BCUT2D eigenvalue weighted by molar-refractivity contribution is -0.686. The summed E-state index contributed by atoms with van der Waals surface area (Å²) >= 11 is 0. The van der Waals surface area contributed by atoms with Crippen LogP contribution in [0.5, 0.6) is 11.5 Å². The first-order chi connectivity index (χ1) is 13.1. The van der Waals surface area contributed by atoms with E-state index in [-0.39, 0.29) is 12.5 Å². The minimum atomic E-state index is -0.102. The fraction of sp³-hybridized carbons (Fsp3) is 0.190. The van der Waals surface area contributed by atoms with Gasteiger partial charge in [0.05, 0.1) is 20.4 Å². The van der Waals surface area contributed by atoms with E-state index in [1.807, 2.05) is 61.7 Å². The zero-order chi connectivity index (χ0) is 19.2. The smallest absolute Gasteiger partial charge is 0.287 e. The minimum absolute atomic E-state index is 0.102. The Morgan fingerprint density at radius 2 is 1.85 bits per heavy atom. The summed E-state index contributed by atoms with van der Waals surface area (Å²) in [6.07, 6.45) is 3.47. The van der Waals surface area contributed by atoms with E-state index in [0.29, 0.717) is 11.5 Å². The van der Waals surface area contributed by atoms with Crippen molar-refractivity contribution in [1.82, 2.24) is 4.98 Å². The van der Waals surface area contributed by atoms with Crippen molar-refractivity contribution >= 4 is 11.6 Å². The standard InChI is InChI=1S/C21H21N3O3/c1-15-6-4-5-7-17(15)23-21(25)13-24-11-10-18(22-14-24)16-8-9-19(26-2)20(12-16)27-3/h4-12,14H,13H2,1-3H3/p+1. The Bertz CT molecular complexity index is 940. The number of carbonyl (C=O) groups is 1. The number of methoxy groups -OCH3 is 2. The van der Waals surface area contributed by atoms with Crippen LogP contribution >= 0.6 is 0 Å². The number of benzene rings is 2. The van der Waals surface area contributed by atoms with Gasteiger partial charge in [0.1, 0.15) is 0 Å². The van der Waals surface area contributed by atoms with Crippen LogP contribution in [0.15, 0.2) is 61.1 Å². The first-order valence-electron chi connectivity index (χ1n) is 8.53. The quantitative estimate of drug-likeness (QED) is 0.683. The number of amides is 1. The van der Waals surface area contributed by atoms with Gasteiger partial charge in [-0.05, 0) is 41.7 Å². The van der Waals surface area contributed by atoms with E-state index in [1.165, 1.54) is 0 Å². The van der Waals surface area contributed by atoms with Gasteiger partial charge in [0, 0.05) is 17.3 Å². The molecule has 1 aromatic heterocycles. The van der Waals surface area contributed by atoms with E-state index < -0.39 is 0 Å². The second kappa shape index (κ2) is 8.31. The van der Waals surface area contributed by atoms with Gasteiger partial charge in [-0.25, -0.2) is 4.57 Å². The van der Waals surface area contributed by atoms with Crippen LogP contribution in [0.3, 0.4) is 0 Å². The van der Waals surface area contributed by atoms with Crippen LogP contribution in [-0.4, -0.2) is 25.1 Å². The molecule has 3 aromatic rings. The minimum Gasteiger partial charge on any atom is -0.493 e. The van der Waals surface area contributed by atoms with Crippen molar-refractivity contribution in [3.63, 3.8) is 0 Å². The van der Waals surface area contributed by atoms with Gasteiger partial charge in [-0.15, -0.1) is 0 Å². The highest BCUT2D eigenvalue weighted by molar-refractivity contribution is 5.90. The molecule has 0 spiro atoms. The number of nitrogens with zero attached hydrogens (tertiary/aromatic N) is 2. The van der Waals surface area contributed by atoms with Crippen molar-refractivity contribution in [2.45, 2.75) is 13.5 Å². The van der Waals surface area contributed by atoms with E-state index in [1.54, 1.807) is 25.1 Å². The number of aromatic nitrogens is 2. The molecule has 0 aliphatic rings. The monoisotopic (exact) mass is 364 g/mol. The van der Waals surface area contributed by atoms with Crippen molar-refractivity contribution in [2.75, 3.05) is 19.5 Å². The van der Waals surface area contributed by atoms with E-state index in [2.05, 4.69) is 10.3 Å². The lowest BCUT2D eigenvalue weighted by atomic mass is 10.1. The first kappa shape index (κ1) is 18.4. The zero-order valence-corrected chi connectivity index (χ0v) is 15.6. The molecular weight excluding hydrogens is 342 g/mol. The molecule has 0 saturated heterocycles. The van der Waals surface area contributed by atoms with Crippen molar-refractivity contribution in [2.24, 2.45) is 0 Å². The Hall–Kier alpha value is -3.41. The highest BCUT2D eigenvalue weighted by Crippen LogP contribution is 2.31. The molecule has 27 heavy (non-hydrogen) atoms. The number of anilines is 1. The molecular formula is C21H22N3O3+. The van der Waals surface area contributed by atoms with E-state index in [0.717, 1.165) is 22.5 Å². The molecule has 0 radical (unpaired) electrons. The van der Waals surface area contributed by atoms with Gasteiger partial charge in [0.25, 0.3) is 12.2 Å².